The van der Waals surface area contributed by atoms with Crippen LogP contribution in [0.2, 0.25) is 0 Å². The summed E-state index contributed by atoms with van der Waals surface area (Å²) in [5.74, 6) is 7.77. The highest BCUT2D eigenvalue weighted by Crippen LogP contribution is 2.67. The molecule has 0 aromatic heterocycles. The van der Waals surface area contributed by atoms with E-state index in [1.165, 1.54) is 122 Å². The van der Waals surface area contributed by atoms with Crippen LogP contribution >= 0.6 is 0 Å². The summed E-state index contributed by atoms with van der Waals surface area (Å²) < 4.78 is 7.79. The molecule has 5 aromatic carbocycles. The lowest BCUT2D eigenvalue weighted by atomic mass is 9.45. The minimum atomic E-state index is 0.321. The molecule has 14 unspecified atom stereocenters. The Kier molecular flexibility index (Phi) is 8.56. The number of rotatable bonds is 6. The molecule has 59 heavy (non-hydrogen) atoms. The lowest BCUT2D eigenvalue weighted by Crippen LogP contribution is -2.81. The number of benzene rings is 5. The number of hydrogen-bond acceptors (Lipinski definition) is 3. The van der Waals surface area contributed by atoms with Gasteiger partial charge in [0, 0.05) is 41.0 Å². The predicted molar refractivity (Wildman–Crippen MR) is 240 cm³/mol. The Balaban J connectivity index is 0.903. The Morgan fingerprint density at radius 2 is 1.12 bits per heavy atom. The van der Waals surface area contributed by atoms with Crippen molar-refractivity contribution < 1.29 is 4.74 Å². The van der Waals surface area contributed by atoms with Gasteiger partial charge in [-0.15, -0.1) is 0 Å². The van der Waals surface area contributed by atoms with Crippen molar-refractivity contribution in [3.63, 3.8) is 0 Å². The molecule has 3 saturated heterocycles. The maximum absolute atomic E-state index is 7.79. The summed E-state index contributed by atoms with van der Waals surface area (Å²) >= 11 is 0. The van der Waals surface area contributed by atoms with Crippen molar-refractivity contribution in [1.29, 1.82) is 0 Å². The number of para-hydroxylation sites is 1. The molecule has 0 N–H and O–H groups in total. The van der Waals surface area contributed by atoms with Crippen LogP contribution in [0.25, 0.3) is 22.3 Å². The fraction of sp³-hybridized carbons (Fsp3) is 0.464. The van der Waals surface area contributed by atoms with Crippen LogP contribution in [0.3, 0.4) is 0 Å². The average Bonchev–Trinajstić information content (AvgIpc) is 3.31. The monoisotopic (exact) mass is 776 g/mol. The van der Waals surface area contributed by atoms with Gasteiger partial charge < -0.3 is 9.64 Å². The molecule has 5 aromatic rings. The minimum absolute atomic E-state index is 0.321. The zero-order valence-electron chi connectivity index (χ0n) is 34.6. The summed E-state index contributed by atoms with van der Waals surface area (Å²) in [6.45, 7) is 0. The molecule has 0 radical (unpaired) electrons. The lowest BCUT2D eigenvalue weighted by Gasteiger charge is -2.75. The van der Waals surface area contributed by atoms with E-state index in [1.54, 1.807) is 0 Å². The van der Waals surface area contributed by atoms with E-state index in [-0.39, 0.29) is 0 Å². The van der Waals surface area contributed by atoms with E-state index >= 15 is 0 Å². The van der Waals surface area contributed by atoms with E-state index in [0.29, 0.717) is 30.2 Å². The van der Waals surface area contributed by atoms with Gasteiger partial charge in [-0.05, 0) is 145 Å². The summed E-state index contributed by atoms with van der Waals surface area (Å²) in [5, 5.41) is 0. The lowest BCUT2D eigenvalue weighted by molar-refractivity contribution is -0.306. The van der Waals surface area contributed by atoms with Gasteiger partial charge >= 0.3 is 0 Å². The molecule has 3 aliphatic heterocycles. The fourth-order valence-electron chi connectivity index (χ4n) is 16.2. The smallest absolute Gasteiger partial charge is 0.0806 e. The SMILES string of the molecule is c1ccc(-c2cccc(N(c3ccc(C4CC5CCCC6C7CCCC8C9CCCC%10CCC%11OC4C(C56)N(C87)C%11C%109)cc3)c3ccccc3-c3ccccc3)c2)cc1. The molecule has 3 heterocycles. The zero-order valence-corrected chi connectivity index (χ0v) is 34.6. The van der Waals surface area contributed by atoms with Crippen LogP contribution in [0.5, 0.6) is 0 Å². The fourth-order valence-corrected chi connectivity index (χ4v) is 16.2. The number of piperidine rings is 2. The summed E-state index contributed by atoms with van der Waals surface area (Å²) in [6, 6.07) is 51.9. The molecule has 0 spiro atoms. The van der Waals surface area contributed by atoms with Gasteiger partial charge in [-0.25, -0.2) is 0 Å². The maximum atomic E-state index is 7.79. The van der Waals surface area contributed by atoms with Gasteiger partial charge in [-0.3, -0.25) is 4.90 Å². The molecule has 0 bridgehead atoms. The van der Waals surface area contributed by atoms with Crippen molar-refractivity contribution in [1.82, 2.24) is 4.90 Å². The van der Waals surface area contributed by atoms with Crippen LogP contribution in [0, 0.1) is 47.3 Å². The van der Waals surface area contributed by atoms with E-state index in [1.807, 2.05) is 0 Å². The highest BCUT2D eigenvalue weighted by atomic mass is 16.5. The second kappa shape index (κ2) is 14.2. The van der Waals surface area contributed by atoms with Crippen molar-refractivity contribution in [3.05, 3.63) is 139 Å². The van der Waals surface area contributed by atoms with Gasteiger partial charge in [0.2, 0.25) is 0 Å². The number of nitrogens with zero attached hydrogens (tertiary/aromatic N) is 2. The first-order chi connectivity index (χ1) is 29.3. The minimum Gasteiger partial charge on any atom is -0.371 e. The standard InChI is InChI=1S/C56H60N2O/c1-3-13-35(14-4-1)39-18-9-20-42(33-39)57(49-26-8-7-21-43(49)36-15-5-2-6-16-36)41-30-27-37(28-31-41)48-34-40-19-11-23-45-47-25-12-24-46-44-22-10-17-38-29-32-50-54(51(38)44)58(53(46)47)55(52(40)45)56(48)59-50/h1-9,13-16,18,20-21,26-28,30-31,33,38,40,44-48,50-56H,10-12,17,19,22-25,29,32,34H2. The molecule has 3 nitrogen and oxygen atoms in total. The Morgan fingerprint density at radius 1 is 0.475 bits per heavy atom. The van der Waals surface area contributed by atoms with Crippen molar-refractivity contribution in [2.45, 2.75) is 113 Å². The summed E-state index contributed by atoms with van der Waals surface area (Å²) in [5.41, 5.74) is 10.1. The Morgan fingerprint density at radius 3 is 1.90 bits per heavy atom. The van der Waals surface area contributed by atoms with Crippen LogP contribution in [0.4, 0.5) is 17.1 Å². The van der Waals surface area contributed by atoms with Crippen LogP contribution in [0.15, 0.2) is 133 Å². The van der Waals surface area contributed by atoms with Gasteiger partial charge in [-0.2, -0.15) is 0 Å². The van der Waals surface area contributed by atoms with E-state index in [9.17, 15) is 0 Å². The Labute approximate surface area is 352 Å². The summed E-state index contributed by atoms with van der Waals surface area (Å²) in [4.78, 5) is 5.86. The molecule has 14 atom stereocenters. The largest absolute Gasteiger partial charge is 0.371 e. The van der Waals surface area contributed by atoms with E-state index in [2.05, 4.69) is 143 Å². The molecule has 0 amide bonds. The van der Waals surface area contributed by atoms with Gasteiger partial charge in [-0.1, -0.05) is 135 Å². The Hall–Kier alpha value is -4.18. The summed E-state index contributed by atoms with van der Waals surface area (Å²) in [6.07, 6.45) is 18.1. The molecule has 8 fully saturated rings. The second-order valence-corrected chi connectivity index (χ2v) is 20.3. The summed E-state index contributed by atoms with van der Waals surface area (Å²) in [7, 11) is 0. The first-order valence-electron chi connectivity index (χ1n) is 23.9. The molecular formula is C56H60N2O. The predicted octanol–water partition coefficient (Wildman–Crippen LogP) is 13.5. The number of fused-ring (bicyclic) bond motifs is 2. The van der Waals surface area contributed by atoms with Crippen molar-refractivity contribution in [2.75, 3.05) is 4.90 Å². The number of anilines is 3. The third kappa shape index (κ3) is 5.52. The van der Waals surface area contributed by atoms with Gasteiger partial charge in [0.25, 0.3) is 0 Å². The van der Waals surface area contributed by atoms with Crippen LogP contribution in [0.1, 0.15) is 88.5 Å². The average molecular weight is 777 g/mol. The van der Waals surface area contributed by atoms with Crippen molar-refractivity contribution in [2.24, 2.45) is 47.3 Å². The number of ether oxygens (including phenoxy) is 1. The van der Waals surface area contributed by atoms with Crippen molar-refractivity contribution >= 4 is 17.1 Å². The zero-order chi connectivity index (χ0) is 38.6. The highest BCUT2D eigenvalue weighted by molar-refractivity contribution is 5.89. The van der Waals surface area contributed by atoms with Gasteiger partial charge in [0.1, 0.15) is 0 Å². The molecule has 300 valence electrons. The van der Waals surface area contributed by atoms with Gasteiger partial charge in [0.05, 0.1) is 17.9 Å². The molecule has 3 heteroatoms. The van der Waals surface area contributed by atoms with E-state index in [4.69, 9.17) is 4.74 Å². The second-order valence-electron chi connectivity index (χ2n) is 20.3. The molecule has 5 aliphatic carbocycles. The van der Waals surface area contributed by atoms with Gasteiger partial charge in [0.15, 0.2) is 0 Å². The third-order valence-electron chi connectivity index (χ3n) is 18.0. The highest BCUT2D eigenvalue weighted by Gasteiger charge is 2.69. The molecule has 5 saturated carbocycles. The quantitative estimate of drug-likeness (QED) is 0.171. The van der Waals surface area contributed by atoms with Crippen molar-refractivity contribution in [3.8, 4) is 22.3 Å². The Bertz CT molecular complexity index is 2300. The van der Waals surface area contributed by atoms with E-state index in [0.717, 1.165) is 53.4 Å². The maximum Gasteiger partial charge on any atom is 0.0806 e. The van der Waals surface area contributed by atoms with E-state index < -0.39 is 0 Å². The molecule has 8 aliphatic rings. The molecular weight excluding hydrogens is 717 g/mol. The first-order valence-corrected chi connectivity index (χ1v) is 23.9. The third-order valence-corrected chi connectivity index (χ3v) is 18.0. The first kappa shape index (κ1) is 35.6. The van der Waals surface area contributed by atoms with Crippen LogP contribution in [-0.2, 0) is 4.74 Å². The van der Waals surface area contributed by atoms with Crippen LogP contribution in [-0.4, -0.2) is 35.2 Å². The number of morpholine rings is 1. The van der Waals surface area contributed by atoms with Crippen LogP contribution < -0.4 is 4.90 Å². The molecule has 13 rings (SSSR count). The normalized spacial score (nSPS) is 37.6. The topological polar surface area (TPSA) is 15.7 Å². The number of hydrogen-bond donors (Lipinski definition) is 0.